The lowest BCUT2D eigenvalue weighted by molar-refractivity contribution is -0.148. The molecule has 116 valence electrons. The zero-order chi connectivity index (χ0) is 15.3. The summed E-state index contributed by atoms with van der Waals surface area (Å²) in [4.78, 5) is 12.0. The number of hydrogen-bond donors (Lipinski definition) is 1. The first-order valence-corrected chi connectivity index (χ1v) is 7.71. The summed E-state index contributed by atoms with van der Waals surface area (Å²) in [7, 11) is 0. The molecule has 1 aliphatic carbocycles. The van der Waals surface area contributed by atoms with E-state index < -0.39 is 11.5 Å². The van der Waals surface area contributed by atoms with Crippen molar-refractivity contribution in [3.8, 4) is 0 Å². The molecular weight excluding hydrogens is 268 g/mol. The monoisotopic (exact) mass is 292 g/mol. The van der Waals surface area contributed by atoms with Crippen LogP contribution in [0.3, 0.4) is 0 Å². The first-order chi connectivity index (χ1) is 9.78. The first kappa shape index (κ1) is 14.6. The Balaban J connectivity index is 1.96. The number of carbonyl (C=O) groups is 1. The molecule has 1 saturated carbocycles. The largest absolute Gasteiger partial charge is 0.479 e. The van der Waals surface area contributed by atoms with E-state index in [-0.39, 0.29) is 17.6 Å². The van der Waals surface area contributed by atoms with Gasteiger partial charge in [-0.2, -0.15) is 5.10 Å². The third kappa shape index (κ3) is 2.27. The molecule has 1 saturated heterocycles. The molecule has 21 heavy (non-hydrogen) atoms. The van der Waals surface area contributed by atoms with E-state index in [4.69, 9.17) is 4.74 Å². The fourth-order valence-electron chi connectivity index (χ4n) is 3.57. The van der Waals surface area contributed by atoms with Crippen LogP contribution >= 0.6 is 0 Å². The van der Waals surface area contributed by atoms with Crippen molar-refractivity contribution >= 4 is 5.97 Å². The summed E-state index contributed by atoms with van der Waals surface area (Å²) in [6, 6.07) is 0. The van der Waals surface area contributed by atoms with Crippen molar-refractivity contribution in [2.75, 3.05) is 6.61 Å². The number of carboxylic acids is 1. The van der Waals surface area contributed by atoms with E-state index >= 15 is 0 Å². The van der Waals surface area contributed by atoms with Crippen LogP contribution in [-0.2, 0) is 20.5 Å². The fraction of sp³-hybridized carbons (Fsp3) is 0.750. The highest BCUT2D eigenvalue weighted by atomic mass is 16.5. The van der Waals surface area contributed by atoms with Crippen LogP contribution in [0.5, 0.6) is 0 Å². The van der Waals surface area contributed by atoms with Gasteiger partial charge in [0.05, 0.1) is 18.4 Å². The number of nitrogens with zero attached hydrogens (tertiary/aromatic N) is 2. The van der Waals surface area contributed by atoms with Crippen LogP contribution in [0, 0.1) is 0 Å². The van der Waals surface area contributed by atoms with Crippen LogP contribution in [0.1, 0.15) is 58.4 Å². The summed E-state index contributed by atoms with van der Waals surface area (Å²) in [6.07, 6.45) is 8.38. The van der Waals surface area contributed by atoms with Crippen molar-refractivity contribution < 1.29 is 14.6 Å². The molecule has 1 spiro atoms. The zero-order valence-corrected chi connectivity index (χ0v) is 13.1. The number of aromatic nitrogens is 2. The van der Waals surface area contributed by atoms with Crippen LogP contribution in [-0.4, -0.2) is 33.1 Å². The van der Waals surface area contributed by atoms with Crippen LogP contribution in [0.2, 0.25) is 0 Å². The molecule has 2 heterocycles. The van der Waals surface area contributed by atoms with Gasteiger partial charge < -0.3 is 9.84 Å². The third-order valence-corrected chi connectivity index (χ3v) is 5.03. The van der Waals surface area contributed by atoms with E-state index in [1.807, 2.05) is 6.20 Å². The molecule has 0 aromatic carbocycles. The van der Waals surface area contributed by atoms with Gasteiger partial charge in [0.2, 0.25) is 0 Å². The molecule has 2 fully saturated rings. The second kappa shape index (κ2) is 4.57. The number of rotatable bonds is 2. The van der Waals surface area contributed by atoms with E-state index in [0.717, 1.165) is 31.2 Å². The van der Waals surface area contributed by atoms with Crippen molar-refractivity contribution in [1.29, 1.82) is 0 Å². The Kier molecular flexibility index (Phi) is 3.17. The van der Waals surface area contributed by atoms with Crippen LogP contribution in [0.15, 0.2) is 12.4 Å². The quantitative estimate of drug-likeness (QED) is 0.910. The lowest BCUT2D eigenvalue weighted by Crippen LogP contribution is -2.44. The third-order valence-electron chi connectivity index (χ3n) is 5.03. The molecule has 1 aromatic heterocycles. The lowest BCUT2D eigenvalue weighted by atomic mass is 9.86. The summed E-state index contributed by atoms with van der Waals surface area (Å²) in [5.74, 6) is -0.838. The Hall–Kier alpha value is -1.36. The summed E-state index contributed by atoms with van der Waals surface area (Å²) in [6.45, 7) is 6.52. The van der Waals surface area contributed by atoms with Crippen molar-refractivity contribution in [3.05, 3.63) is 18.0 Å². The summed E-state index contributed by atoms with van der Waals surface area (Å²) >= 11 is 0. The molecule has 1 N–H and O–H groups in total. The molecule has 0 bridgehead atoms. The Bertz CT molecular complexity index is 552. The molecule has 3 rings (SSSR count). The maximum absolute atomic E-state index is 12.0. The minimum Gasteiger partial charge on any atom is -0.479 e. The van der Waals surface area contributed by atoms with Gasteiger partial charge in [-0.3, -0.25) is 4.68 Å². The molecule has 1 aliphatic heterocycles. The van der Waals surface area contributed by atoms with Gasteiger partial charge in [0.25, 0.3) is 0 Å². The summed E-state index contributed by atoms with van der Waals surface area (Å²) in [5, 5.41) is 14.2. The lowest BCUT2D eigenvalue weighted by Gasteiger charge is -2.26. The zero-order valence-electron chi connectivity index (χ0n) is 13.1. The Morgan fingerprint density at radius 2 is 2.05 bits per heavy atom. The van der Waals surface area contributed by atoms with E-state index in [9.17, 15) is 9.90 Å². The SMILES string of the molecule is CC(C)(C)c1cnn(C2(C(=O)O)COC3(CCCC3)C2)c1. The Morgan fingerprint density at radius 1 is 1.38 bits per heavy atom. The van der Waals surface area contributed by atoms with E-state index in [1.165, 1.54) is 0 Å². The van der Waals surface area contributed by atoms with Crippen molar-refractivity contribution in [2.24, 2.45) is 0 Å². The van der Waals surface area contributed by atoms with Gasteiger partial charge in [0, 0.05) is 12.6 Å². The number of carboxylic acid groups (broad SMARTS) is 1. The Labute approximate surface area is 125 Å². The highest BCUT2D eigenvalue weighted by molar-refractivity contribution is 5.77. The molecule has 1 aromatic rings. The molecular formula is C16H24N2O3. The van der Waals surface area contributed by atoms with Crippen LogP contribution in [0.25, 0.3) is 0 Å². The van der Waals surface area contributed by atoms with Crippen molar-refractivity contribution in [1.82, 2.24) is 9.78 Å². The Morgan fingerprint density at radius 3 is 2.57 bits per heavy atom. The molecule has 1 unspecified atom stereocenters. The average Bonchev–Trinajstić information content (AvgIpc) is 3.10. The molecule has 0 radical (unpaired) electrons. The maximum atomic E-state index is 12.0. The minimum atomic E-state index is -1.05. The van der Waals surface area contributed by atoms with Crippen molar-refractivity contribution in [3.63, 3.8) is 0 Å². The maximum Gasteiger partial charge on any atom is 0.334 e. The van der Waals surface area contributed by atoms with Gasteiger partial charge >= 0.3 is 5.97 Å². The normalized spacial score (nSPS) is 28.3. The molecule has 5 nitrogen and oxygen atoms in total. The van der Waals surface area contributed by atoms with Gasteiger partial charge in [-0.1, -0.05) is 33.6 Å². The molecule has 1 atom stereocenters. The van der Waals surface area contributed by atoms with Crippen LogP contribution in [0.4, 0.5) is 0 Å². The standard InChI is InChI=1S/C16H24N2O3/c1-14(2,3)12-8-17-18(9-12)16(13(19)20)10-15(21-11-16)6-4-5-7-15/h8-9H,4-7,10-11H2,1-3H3,(H,19,20). The predicted octanol–water partition coefficient (Wildman–Crippen LogP) is 2.69. The highest BCUT2D eigenvalue weighted by Gasteiger charge is 2.56. The second-order valence-electron chi connectivity index (χ2n) is 7.62. The number of hydrogen-bond acceptors (Lipinski definition) is 3. The van der Waals surface area contributed by atoms with E-state index in [2.05, 4.69) is 25.9 Å². The van der Waals surface area contributed by atoms with Gasteiger partial charge in [-0.15, -0.1) is 0 Å². The van der Waals surface area contributed by atoms with Gasteiger partial charge in [0.1, 0.15) is 0 Å². The van der Waals surface area contributed by atoms with Crippen molar-refractivity contribution in [2.45, 2.75) is 69.4 Å². The molecule has 2 aliphatic rings. The highest BCUT2D eigenvalue weighted by Crippen LogP contribution is 2.47. The van der Waals surface area contributed by atoms with Gasteiger partial charge in [0.15, 0.2) is 5.54 Å². The fourth-order valence-corrected chi connectivity index (χ4v) is 3.57. The second-order valence-corrected chi connectivity index (χ2v) is 7.62. The average molecular weight is 292 g/mol. The smallest absolute Gasteiger partial charge is 0.334 e. The number of aliphatic carboxylic acids is 1. The summed E-state index contributed by atoms with van der Waals surface area (Å²) < 4.78 is 7.61. The molecule has 5 heteroatoms. The van der Waals surface area contributed by atoms with Crippen LogP contribution < -0.4 is 0 Å². The first-order valence-electron chi connectivity index (χ1n) is 7.71. The van der Waals surface area contributed by atoms with E-state index in [0.29, 0.717) is 6.42 Å². The molecule has 0 amide bonds. The van der Waals surface area contributed by atoms with Gasteiger partial charge in [-0.05, 0) is 23.8 Å². The predicted molar refractivity (Wildman–Crippen MR) is 78.3 cm³/mol. The summed E-state index contributed by atoms with van der Waals surface area (Å²) in [5.41, 5.74) is -0.279. The number of ether oxygens (including phenoxy) is 1. The topological polar surface area (TPSA) is 64.4 Å². The van der Waals surface area contributed by atoms with E-state index in [1.54, 1.807) is 10.9 Å². The minimum absolute atomic E-state index is 0.0392. The van der Waals surface area contributed by atoms with Gasteiger partial charge in [-0.25, -0.2) is 4.79 Å².